The Labute approximate surface area is 109 Å². The number of aliphatic hydroxyl groups is 1. The molecule has 0 unspecified atom stereocenters. The fourth-order valence-corrected chi connectivity index (χ4v) is 2.64. The molecular weight excluding hydrogens is 259 g/mol. The first-order chi connectivity index (χ1) is 8.91. The predicted octanol–water partition coefficient (Wildman–Crippen LogP) is 2.29. The number of nitrogens with two attached hydrogens (primary N) is 1. The highest BCUT2D eigenvalue weighted by molar-refractivity contribution is 5.32. The van der Waals surface area contributed by atoms with Crippen molar-refractivity contribution in [3.8, 4) is 0 Å². The number of anilines is 1. The van der Waals surface area contributed by atoms with E-state index in [-0.39, 0.29) is 25.4 Å². The monoisotopic (exact) mass is 277 g/mol. The Morgan fingerprint density at radius 1 is 1.32 bits per heavy atom. The molecule has 0 spiro atoms. The van der Waals surface area contributed by atoms with E-state index in [9.17, 15) is 13.2 Å². The van der Waals surface area contributed by atoms with Crippen molar-refractivity contribution < 1.29 is 18.3 Å². The molecule has 0 amide bonds. The Bertz CT molecular complexity index is 422. The van der Waals surface area contributed by atoms with Gasteiger partial charge in [-0.25, -0.2) is 4.68 Å². The lowest BCUT2D eigenvalue weighted by molar-refractivity contribution is -0.182. The van der Waals surface area contributed by atoms with E-state index in [0.717, 1.165) is 5.69 Å². The summed E-state index contributed by atoms with van der Waals surface area (Å²) in [7, 11) is 0. The lowest BCUT2D eigenvalue weighted by atomic mass is 9.80. The molecule has 1 fully saturated rings. The van der Waals surface area contributed by atoms with Crippen molar-refractivity contribution in [1.29, 1.82) is 0 Å². The highest BCUT2D eigenvalue weighted by Crippen LogP contribution is 2.42. The predicted molar refractivity (Wildman–Crippen MR) is 64.5 cm³/mol. The van der Waals surface area contributed by atoms with E-state index in [4.69, 9.17) is 10.8 Å². The summed E-state index contributed by atoms with van der Waals surface area (Å²) in [4.78, 5) is 0. The van der Waals surface area contributed by atoms with Gasteiger partial charge in [0, 0.05) is 12.0 Å². The molecule has 0 aromatic carbocycles. The molecule has 0 saturated heterocycles. The van der Waals surface area contributed by atoms with E-state index < -0.39 is 12.1 Å². The molecule has 2 rings (SSSR count). The average Bonchev–Trinajstić information content (AvgIpc) is 2.71. The van der Waals surface area contributed by atoms with Crippen LogP contribution in [0.25, 0.3) is 0 Å². The maximum absolute atomic E-state index is 12.6. The zero-order valence-electron chi connectivity index (χ0n) is 10.5. The van der Waals surface area contributed by atoms with Gasteiger partial charge in [-0.05, 0) is 25.7 Å². The topological polar surface area (TPSA) is 64.1 Å². The number of nitrogens with zero attached hydrogens (tertiary/aromatic N) is 2. The maximum Gasteiger partial charge on any atom is 0.391 e. The molecule has 1 aromatic heterocycles. The van der Waals surface area contributed by atoms with Gasteiger partial charge in [0.25, 0.3) is 0 Å². The van der Waals surface area contributed by atoms with E-state index in [0.29, 0.717) is 25.2 Å². The highest BCUT2D eigenvalue weighted by atomic mass is 19.4. The summed E-state index contributed by atoms with van der Waals surface area (Å²) in [6.45, 7) is 0.246. The Morgan fingerprint density at radius 2 is 1.95 bits per heavy atom. The minimum absolute atomic E-state index is 0.0424. The van der Waals surface area contributed by atoms with E-state index >= 15 is 0 Å². The molecule has 1 heterocycles. The second kappa shape index (κ2) is 5.40. The summed E-state index contributed by atoms with van der Waals surface area (Å²) in [6, 6.07) is 1.70. The van der Waals surface area contributed by atoms with Crippen LogP contribution >= 0.6 is 0 Å². The van der Waals surface area contributed by atoms with E-state index in [1.807, 2.05) is 0 Å². The van der Waals surface area contributed by atoms with Gasteiger partial charge in [0.1, 0.15) is 5.82 Å². The number of hydrogen-bond donors (Lipinski definition) is 2. The lowest BCUT2D eigenvalue weighted by Gasteiger charge is -2.28. The van der Waals surface area contributed by atoms with Crippen LogP contribution in [0.3, 0.4) is 0 Å². The normalized spacial score (nSPS) is 24.6. The average molecular weight is 277 g/mol. The molecular formula is C12H18F3N3O. The van der Waals surface area contributed by atoms with Gasteiger partial charge >= 0.3 is 6.18 Å². The molecule has 7 heteroatoms. The molecule has 1 aliphatic carbocycles. The number of aliphatic hydroxyl groups excluding tert-OH is 1. The fraction of sp³-hybridized carbons (Fsp3) is 0.750. The molecule has 4 nitrogen and oxygen atoms in total. The van der Waals surface area contributed by atoms with Crippen LogP contribution in [0.2, 0.25) is 0 Å². The zero-order valence-corrected chi connectivity index (χ0v) is 10.5. The fourth-order valence-electron chi connectivity index (χ4n) is 2.64. The van der Waals surface area contributed by atoms with Crippen molar-refractivity contribution in [2.24, 2.45) is 5.92 Å². The van der Waals surface area contributed by atoms with E-state index in [2.05, 4.69) is 5.10 Å². The number of hydrogen-bond acceptors (Lipinski definition) is 3. The quantitative estimate of drug-likeness (QED) is 0.891. The molecule has 1 aromatic rings. The number of alkyl halides is 3. The molecule has 0 bridgehead atoms. The third-order valence-corrected chi connectivity index (χ3v) is 3.75. The summed E-state index contributed by atoms with van der Waals surface area (Å²) < 4.78 is 39.2. The van der Waals surface area contributed by atoms with Crippen LogP contribution in [0.5, 0.6) is 0 Å². The van der Waals surface area contributed by atoms with Crippen LogP contribution in [-0.2, 0) is 6.54 Å². The standard InChI is InChI=1S/C12H18F3N3O/c13-12(14,15)9-3-1-8(2-4-9)10-7-11(16)18(17-10)5-6-19/h7-9,19H,1-6,16H2. The molecule has 0 aliphatic heterocycles. The van der Waals surface area contributed by atoms with Crippen molar-refractivity contribution in [2.45, 2.75) is 44.3 Å². The van der Waals surface area contributed by atoms with Gasteiger partial charge in [0.05, 0.1) is 24.8 Å². The Kier molecular flexibility index (Phi) is 4.03. The SMILES string of the molecule is Nc1cc(C2CCC(C(F)(F)F)CC2)nn1CCO. The summed E-state index contributed by atoms with van der Waals surface area (Å²) in [5.74, 6) is -0.691. The third-order valence-electron chi connectivity index (χ3n) is 3.75. The summed E-state index contributed by atoms with van der Waals surface area (Å²) in [5.41, 5.74) is 6.48. The summed E-state index contributed by atoms with van der Waals surface area (Å²) >= 11 is 0. The molecule has 19 heavy (non-hydrogen) atoms. The Hall–Kier alpha value is -1.24. The van der Waals surface area contributed by atoms with Crippen LogP contribution < -0.4 is 5.73 Å². The molecule has 3 N–H and O–H groups in total. The van der Waals surface area contributed by atoms with Crippen molar-refractivity contribution >= 4 is 5.82 Å². The first-order valence-electron chi connectivity index (χ1n) is 6.42. The molecule has 108 valence electrons. The molecule has 0 radical (unpaired) electrons. The Morgan fingerprint density at radius 3 is 2.47 bits per heavy atom. The Balaban J connectivity index is 2.00. The number of aromatic nitrogens is 2. The van der Waals surface area contributed by atoms with Gasteiger partial charge in [-0.1, -0.05) is 0 Å². The summed E-state index contributed by atoms with van der Waals surface area (Å²) in [6.07, 6.45) is -2.80. The minimum Gasteiger partial charge on any atom is -0.394 e. The van der Waals surface area contributed by atoms with Crippen LogP contribution in [0.15, 0.2) is 6.07 Å². The van der Waals surface area contributed by atoms with Crippen molar-refractivity contribution in [1.82, 2.24) is 9.78 Å². The van der Waals surface area contributed by atoms with Gasteiger partial charge in [0.2, 0.25) is 0 Å². The van der Waals surface area contributed by atoms with Gasteiger partial charge < -0.3 is 10.8 Å². The minimum atomic E-state index is -4.08. The first kappa shape index (κ1) is 14.2. The second-order valence-electron chi connectivity index (χ2n) is 5.03. The first-order valence-corrected chi connectivity index (χ1v) is 6.42. The van der Waals surface area contributed by atoms with Crippen molar-refractivity contribution in [3.63, 3.8) is 0 Å². The molecule has 1 saturated carbocycles. The van der Waals surface area contributed by atoms with Crippen LogP contribution in [0, 0.1) is 5.92 Å². The van der Waals surface area contributed by atoms with Crippen LogP contribution in [0.1, 0.15) is 37.3 Å². The van der Waals surface area contributed by atoms with Crippen LogP contribution in [0.4, 0.5) is 19.0 Å². The second-order valence-corrected chi connectivity index (χ2v) is 5.03. The van der Waals surface area contributed by atoms with Crippen molar-refractivity contribution in [2.75, 3.05) is 12.3 Å². The zero-order chi connectivity index (χ0) is 14.0. The highest BCUT2D eigenvalue weighted by Gasteiger charge is 2.41. The largest absolute Gasteiger partial charge is 0.394 e. The van der Waals surface area contributed by atoms with Gasteiger partial charge in [-0.2, -0.15) is 18.3 Å². The smallest absolute Gasteiger partial charge is 0.391 e. The molecule has 0 atom stereocenters. The number of halogens is 3. The van der Waals surface area contributed by atoms with Gasteiger partial charge in [-0.15, -0.1) is 0 Å². The van der Waals surface area contributed by atoms with Crippen LogP contribution in [-0.4, -0.2) is 27.7 Å². The third kappa shape index (κ3) is 3.20. The van der Waals surface area contributed by atoms with E-state index in [1.165, 1.54) is 4.68 Å². The number of nitrogen functional groups attached to an aromatic ring is 1. The lowest BCUT2D eigenvalue weighted by Crippen LogP contribution is -2.27. The van der Waals surface area contributed by atoms with Crippen molar-refractivity contribution in [3.05, 3.63) is 11.8 Å². The van der Waals surface area contributed by atoms with E-state index in [1.54, 1.807) is 6.07 Å². The number of rotatable bonds is 3. The summed E-state index contributed by atoms with van der Waals surface area (Å²) in [5, 5.41) is 13.1. The van der Waals surface area contributed by atoms with Gasteiger partial charge in [0.15, 0.2) is 0 Å². The van der Waals surface area contributed by atoms with Gasteiger partial charge in [-0.3, -0.25) is 0 Å². The molecule has 1 aliphatic rings. The maximum atomic E-state index is 12.6.